The average molecular weight is 320 g/mol. The van der Waals surface area contributed by atoms with Gasteiger partial charge in [-0.1, -0.05) is 6.07 Å². The quantitative estimate of drug-likeness (QED) is 0.782. The molecule has 0 saturated heterocycles. The van der Waals surface area contributed by atoms with E-state index < -0.39 is 6.10 Å². The van der Waals surface area contributed by atoms with E-state index in [2.05, 4.69) is 10.3 Å². The van der Waals surface area contributed by atoms with Crippen LogP contribution in [0, 0.1) is 0 Å². The van der Waals surface area contributed by atoms with E-state index >= 15 is 0 Å². The molecule has 2 aromatic heterocycles. The molecular weight excluding hydrogens is 300 g/mol. The molecule has 5 nitrogen and oxygen atoms in total. The van der Waals surface area contributed by atoms with Crippen molar-refractivity contribution in [2.75, 3.05) is 5.75 Å². The van der Waals surface area contributed by atoms with Gasteiger partial charge in [0, 0.05) is 30.6 Å². The van der Waals surface area contributed by atoms with Gasteiger partial charge >= 0.3 is 0 Å². The van der Waals surface area contributed by atoms with Crippen molar-refractivity contribution in [2.24, 2.45) is 0 Å². The van der Waals surface area contributed by atoms with Crippen LogP contribution in [-0.4, -0.2) is 27.8 Å². The van der Waals surface area contributed by atoms with Gasteiger partial charge in [0.15, 0.2) is 0 Å². The van der Waals surface area contributed by atoms with Crippen LogP contribution in [0.3, 0.4) is 0 Å². The lowest BCUT2D eigenvalue weighted by molar-refractivity contribution is -0.119. The summed E-state index contributed by atoms with van der Waals surface area (Å²) in [4.78, 5) is 15.9. The Labute approximate surface area is 134 Å². The number of nitrogens with one attached hydrogen (secondary N) is 1. The molecule has 0 saturated carbocycles. The minimum absolute atomic E-state index is 0.0342. The Morgan fingerprint density at radius 2 is 2.32 bits per heavy atom. The van der Waals surface area contributed by atoms with Crippen LogP contribution in [0.5, 0.6) is 0 Å². The molecular formula is C16H20N2O3S. The molecule has 0 aliphatic heterocycles. The molecule has 2 rings (SSSR count). The summed E-state index contributed by atoms with van der Waals surface area (Å²) < 4.78 is 5.14. The highest BCUT2D eigenvalue weighted by Crippen LogP contribution is 2.18. The number of hydrogen-bond donors (Lipinski definition) is 2. The van der Waals surface area contributed by atoms with Crippen molar-refractivity contribution in [1.29, 1.82) is 0 Å². The van der Waals surface area contributed by atoms with Crippen molar-refractivity contribution in [3.8, 4) is 0 Å². The van der Waals surface area contributed by atoms with E-state index in [1.54, 1.807) is 36.3 Å². The lowest BCUT2D eigenvalue weighted by Crippen LogP contribution is -2.34. The third-order valence-electron chi connectivity index (χ3n) is 3.08. The summed E-state index contributed by atoms with van der Waals surface area (Å²) in [6, 6.07) is 7.21. The monoisotopic (exact) mass is 320 g/mol. The molecule has 0 aromatic carbocycles. The first-order chi connectivity index (χ1) is 10.6. The second-order valence-electron chi connectivity index (χ2n) is 5.09. The molecule has 2 atom stereocenters. The van der Waals surface area contributed by atoms with Gasteiger partial charge in [-0.15, -0.1) is 11.8 Å². The van der Waals surface area contributed by atoms with Crippen molar-refractivity contribution in [3.63, 3.8) is 0 Å². The van der Waals surface area contributed by atoms with Crippen LogP contribution in [0.25, 0.3) is 0 Å². The molecule has 2 unspecified atom stereocenters. The highest BCUT2D eigenvalue weighted by Gasteiger charge is 2.16. The molecule has 0 spiro atoms. The first-order valence-electron chi connectivity index (χ1n) is 7.12. The van der Waals surface area contributed by atoms with Crippen molar-refractivity contribution in [1.82, 2.24) is 10.3 Å². The first-order valence-corrected chi connectivity index (χ1v) is 8.28. The molecule has 6 heteroatoms. The number of rotatable bonds is 8. The summed E-state index contributed by atoms with van der Waals surface area (Å²) in [5, 5.41) is 12.8. The minimum Gasteiger partial charge on any atom is -0.467 e. The predicted octanol–water partition coefficient (Wildman–Crippen LogP) is 2.54. The largest absolute Gasteiger partial charge is 0.467 e. The lowest BCUT2D eigenvalue weighted by atomic mass is 10.1. The Morgan fingerprint density at radius 3 is 3.00 bits per heavy atom. The maximum absolute atomic E-state index is 11.9. The second-order valence-corrected chi connectivity index (χ2v) is 6.08. The van der Waals surface area contributed by atoms with E-state index in [0.717, 1.165) is 11.3 Å². The Morgan fingerprint density at radius 1 is 1.45 bits per heavy atom. The fraction of sp³-hybridized carbons (Fsp3) is 0.375. The Kier molecular flexibility index (Phi) is 6.48. The van der Waals surface area contributed by atoms with Gasteiger partial charge in [-0.3, -0.25) is 9.78 Å². The van der Waals surface area contributed by atoms with Crippen molar-refractivity contribution in [2.45, 2.75) is 31.2 Å². The van der Waals surface area contributed by atoms with Crippen LogP contribution < -0.4 is 5.32 Å². The van der Waals surface area contributed by atoms with Gasteiger partial charge in [-0.2, -0.15) is 0 Å². The molecule has 118 valence electrons. The van der Waals surface area contributed by atoms with Gasteiger partial charge in [0.2, 0.25) is 5.91 Å². The van der Waals surface area contributed by atoms with Crippen molar-refractivity contribution < 1.29 is 14.3 Å². The number of aromatic nitrogens is 1. The summed E-state index contributed by atoms with van der Waals surface area (Å²) in [6.45, 7) is 1.87. The molecule has 2 aromatic rings. The summed E-state index contributed by atoms with van der Waals surface area (Å²) >= 11 is 1.54. The van der Waals surface area contributed by atoms with Gasteiger partial charge in [-0.25, -0.2) is 0 Å². The number of furan rings is 1. The third kappa shape index (κ3) is 5.54. The third-order valence-corrected chi connectivity index (χ3v) is 4.08. The Hall–Kier alpha value is -1.79. The molecule has 0 fully saturated rings. The first kappa shape index (κ1) is 16.6. The number of nitrogens with zero attached hydrogens (tertiary/aromatic N) is 1. The average Bonchev–Trinajstić information content (AvgIpc) is 3.02. The van der Waals surface area contributed by atoms with E-state index in [0.29, 0.717) is 17.9 Å². The molecule has 22 heavy (non-hydrogen) atoms. The fourth-order valence-electron chi connectivity index (χ4n) is 2.05. The van der Waals surface area contributed by atoms with Crippen LogP contribution in [-0.2, 0) is 10.5 Å². The number of hydrogen-bond acceptors (Lipinski definition) is 5. The van der Waals surface area contributed by atoms with Gasteiger partial charge in [-0.05, 0) is 30.7 Å². The van der Waals surface area contributed by atoms with Gasteiger partial charge in [0.05, 0.1) is 12.0 Å². The maximum atomic E-state index is 11.9. The normalized spacial score (nSPS) is 13.5. The van der Waals surface area contributed by atoms with E-state index in [1.807, 2.05) is 19.1 Å². The van der Waals surface area contributed by atoms with Crippen molar-refractivity contribution in [3.05, 3.63) is 54.2 Å². The number of pyridine rings is 1. The van der Waals surface area contributed by atoms with E-state index in [-0.39, 0.29) is 11.9 Å². The molecule has 0 aliphatic rings. The predicted molar refractivity (Wildman–Crippen MR) is 86.3 cm³/mol. The van der Waals surface area contributed by atoms with Gasteiger partial charge < -0.3 is 14.8 Å². The number of amides is 1. The van der Waals surface area contributed by atoms with Crippen LogP contribution in [0.2, 0.25) is 0 Å². The summed E-state index contributed by atoms with van der Waals surface area (Å²) in [7, 11) is 0. The number of aliphatic hydroxyl groups excluding tert-OH is 1. The maximum Gasteiger partial charge on any atom is 0.230 e. The number of thioether (sulfide) groups is 1. The van der Waals surface area contributed by atoms with Crippen LogP contribution >= 0.6 is 11.8 Å². The highest BCUT2D eigenvalue weighted by atomic mass is 32.2. The fourth-order valence-corrected chi connectivity index (χ4v) is 2.83. The Bertz CT molecular complexity index is 560. The summed E-state index contributed by atoms with van der Waals surface area (Å²) in [6.07, 6.45) is 4.78. The number of aliphatic hydroxyl groups is 1. The van der Waals surface area contributed by atoms with Crippen molar-refractivity contribution >= 4 is 17.7 Å². The van der Waals surface area contributed by atoms with E-state index in [9.17, 15) is 9.90 Å². The molecule has 1 amide bonds. The summed E-state index contributed by atoms with van der Waals surface area (Å²) in [5.41, 5.74) is 1.10. The summed E-state index contributed by atoms with van der Waals surface area (Å²) in [5.74, 6) is 1.63. The standard InChI is InChI=1S/C16H20N2O3S/c1-12(8-14(19)15-5-3-7-21-15)18-16(20)11-22-10-13-4-2-6-17-9-13/h2-7,9,12,14,19H,8,10-11H2,1H3,(H,18,20). The molecule has 2 heterocycles. The molecule has 0 bridgehead atoms. The highest BCUT2D eigenvalue weighted by molar-refractivity contribution is 7.99. The topological polar surface area (TPSA) is 75.4 Å². The zero-order chi connectivity index (χ0) is 15.8. The van der Waals surface area contributed by atoms with Crippen LogP contribution in [0.4, 0.5) is 0 Å². The van der Waals surface area contributed by atoms with Gasteiger partial charge in [0.25, 0.3) is 0 Å². The lowest BCUT2D eigenvalue weighted by Gasteiger charge is -2.16. The number of carbonyl (C=O) groups is 1. The molecule has 2 N–H and O–H groups in total. The Balaban J connectivity index is 1.66. The molecule has 0 aliphatic carbocycles. The zero-order valence-corrected chi connectivity index (χ0v) is 13.3. The van der Waals surface area contributed by atoms with Gasteiger partial charge in [0.1, 0.15) is 11.9 Å². The van der Waals surface area contributed by atoms with Crippen LogP contribution in [0.15, 0.2) is 47.3 Å². The van der Waals surface area contributed by atoms with E-state index in [4.69, 9.17) is 4.42 Å². The smallest absolute Gasteiger partial charge is 0.230 e. The zero-order valence-electron chi connectivity index (χ0n) is 12.4. The van der Waals surface area contributed by atoms with Crippen LogP contribution in [0.1, 0.15) is 30.8 Å². The molecule has 0 radical (unpaired) electrons. The minimum atomic E-state index is -0.701. The second kappa shape index (κ2) is 8.60. The number of carbonyl (C=O) groups excluding carboxylic acids is 1. The van der Waals surface area contributed by atoms with E-state index in [1.165, 1.54) is 6.26 Å². The SMILES string of the molecule is CC(CC(O)c1ccco1)NC(=O)CSCc1cccnc1.